The molecule has 1 aliphatic heterocycles. The van der Waals surface area contributed by atoms with Gasteiger partial charge in [0.05, 0.1) is 0 Å². The van der Waals surface area contributed by atoms with Gasteiger partial charge in [-0.25, -0.2) is 0 Å². The van der Waals surface area contributed by atoms with Crippen molar-refractivity contribution in [1.29, 1.82) is 0 Å². The zero-order valence-electron chi connectivity index (χ0n) is 12.3. The number of phenolic OH excluding ortho intramolecular Hbond substituents is 1. The molecule has 0 bridgehead atoms. The first kappa shape index (κ1) is 13.8. The molecule has 3 rings (SSSR count). The molecule has 1 fully saturated rings. The quantitative estimate of drug-likeness (QED) is 0.890. The van der Waals surface area contributed by atoms with Gasteiger partial charge >= 0.3 is 0 Å². The van der Waals surface area contributed by atoms with Gasteiger partial charge in [0, 0.05) is 36.6 Å². The normalized spacial score (nSPS) is 15.0. The van der Waals surface area contributed by atoms with Crippen LogP contribution in [0.15, 0.2) is 48.5 Å². The second kappa shape index (κ2) is 6.53. The van der Waals surface area contributed by atoms with E-state index in [0.717, 1.165) is 11.3 Å². The van der Waals surface area contributed by atoms with Crippen molar-refractivity contribution in [3.63, 3.8) is 0 Å². The fourth-order valence-corrected chi connectivity index (χ4v) is 2.80. The molecule has 0 atom stereocenters. The van der Waals surface area contributed by atoms with E-state index >= 15 is 0 Å². The molecular formula is C18H22N2O. The van der Waals surface area contributed by atoms with E-state index in [9.17, 15) is 5.11 Å². The Morgan fingerprint density at radius 1 is 0.905 bits per heavy atom. The molecule has 1 saturated heterocycles. The number of anilines is 2. The van der Waals surface area contributed by atoms with Gasteiger partial charge in [0.1, 0.15) is 5.75 Å². The van der Waals surface area contributed by atoms with E-state index in [1.54, 1.807) is 6.07 Å². The molecule has 3 nitrogen and oxygen atoms in total. The predicted molar refractivity (Wildman–Crippen MR) is 87.9 cm³/mol. The number of hydrogen-bond donors (Lipinski definition) is 2. The van der Waals surface area contributed by atoms with Crippen molar-refractivity contribution in [2.24, 2.45) is 0 Å². The maximum absolute atomic E-state index is 9.76. The number of nitrogens with zero attached hydrogens (tertiary/aromatic N) is 1. The molecule has 0 aromatic heterocycles. The highest BCUT2D eigenvalue weighted by Gasteiger charge is 2.10. The van der Waals surface area contributed by atoms with Gasteiger partial charge in [-0.15, -0.1) is 0 Å². The molecule has 0 aliphatic carbocycles. The molecule has 2 aromatic rings. The Labute approximate surface area is 126 Å². The fourth-order valence-electron chi connectivity index (χ4n) is 2.80. The number of nitrogens with one attached hydrogen (secondary N) is 1. The van der Waals surface area contributed by atoms with Crippen LogP contribution in [-0.2, 0) is 6.54 Å². The molecule has 2 N–H and O–H groups in total. The lowest BCUT2D eigenvalue weighted by molar-refractivity contribution is 0.469. The van der Waals surface area contributed by atoms with E-state index in [1.165, 1.54) is 38.0 Å². The first-order valence-electron chi connectivity index (χ1n) is 7.69. The zero-order valence-corrected chi connectivity index (χ0v) is 12.3. The lowest BCUT2D eigenvalue weighted by atomic mass is 10.1. The van der Waals surface area contributed by atoms with Gasteiger partial charge in [0.25, 0.3) is 0 Å². The summed E-state index contributed by atoms with van der Waals surface area (Å²) in [6.45, 7) is 2.98. The molecule has 0 saturated carbocycles. The van der Waals surface area contributed by atoms with Crippen molar-refractivity contribution in [2.75, 3.05) is 23.3 Å². The average Bonchev–Trinajstić information content (AvgIpc) is 2.55. The minimum absolute atomic E-state index is 0.343. The first-order chi connectivity index (χ1) is 10.3. The topological polar surface area (TPSA) is 35.5 Å². The maximum Gasteiger partial charge on any atom is 0.120 e. The van der Waals surface area contributed by atoms with Gasteiger partial charge in [-0.3, -0.25) is 0 Å². The van der Waals surface area contributed by atoms with Crippen molar-refractivity contribution in [2.45, 2.75) is 25.8 Å². The highest BCUT2D eigenvalue weighted by molar-refractivity contribution is 5.55. The molecule has 21 heavy (non-hydrogen) atoms. The van der Waals surface area contributed by atoms with E-state index in [1.807, 2.05) is 18.2 Å². The monoisotopic (exact) mass is 282 g/mol. The van der Waals surface area contributed by atoms with E-state index in [-0.39, 0.29) is 0 Å². The third-order valence-electron chi connectivity index (χ3n) is 4.06. The van der Waals surface area contributed by atoms with Gasteiger partial charge in [0.2, 0.25) is 0 Å². The number of piperidine rings is 1. The van der Waals surface area contributed by atoms with Gasteiger partial charge in [-0.2, -0.15) is 0 Å². The molecule has 0 spiro atoms. The van der Waals surface area contributed by atoms with Crippen LogP contribution < -0.4 is 10.2 Å². The van der Waals surface area contributed by atoms with Crippen molar-refractivity contribution < 1.29 is 5.11 Å². The summed E-state index contributed by atoms with van der Waals surface area (Å²) >= 11 is 0. The average molecular weight is 282 g/mol. The Morgan fingerprint density at radius 2 is 1.62 bits per heavy atom. The lowest BCUT2D eigenvalue weighted by Gasteiger charge is -2.28. The number of rotatable bonds is 4. The van der Waals surface area contributed by atoms with Gasteiger partial charge in [-0.1, -0.05) is 18.2 Å². The summed E-state index contributed by atoms with van der Waals surface area (Å²) in [7, 11) is 0. The van der Waals surface area contributed by atoms with E-state index < -0.39 is 0 Å². The Bertz CT molecular complexity index is 574. The molecule has 0 amide bonds. The van der Waals surface area contributed by atoms with Crippen LogP contribution in [0.4, 0.5) is 11.4 Å². The lowest BCUT2D eigenvalue weighted by Crippen LogP contribution is -2.29. The molecule has 2 aromatic carbocycles. The van der Waals surface area contributed by atoms with Crippen LogP contribution in [0.25, 0.3) is 0 Å². The van der Waals surface area contributed by atoms with Crippen LogP contribution in [0.5, 0.6) is 5.75 Å². The Hall–Kier alpha value is -2.16. The highest BCUT2D eigenvalue weighted by atomic mass is 16.3. The molecular weight excluding hydrogens is 260 g/mol. The minimum Gasteiger partial charge on any atom is -0.508 e. The predicted octanol–water partition coefficient (Wildman–Crippen LogP) is 3.99. The summed E-state index contributed by atoms with van der Waals surface area (Å²) in [5.41, 5.74) is 3.31. The second-order valence-electron chi connectivity index (χ2n) is 5.58. The fraction of sp³-hybridized carbons (Fsp3) is 0.333. The summed E-state index contributed by atoms with van der Waals surface area (Å²) in [4.78, 5) is 2.45. The van der Waals surface area contributed by atoms with Crippen LogP contribution in [0.1, 0.15) is 24.8 Å². The van der Waals surface area contributed by atoms with E-state index in [4.69, 9.17) is 0 Å². The Balaban J connectivity index is 1.60. The Kier molecular flexibility index (Phi) is 4.29. The third-order valence-corrected chi connectivity index (χ3v) is 4.06. The number of para-hydroxylation sites is 1. The molecule has 1 heterocycles. The van der Waals surface area contributed by atoms with Crippen molar-refractivity contribution >= 4 is 11.4 Å². The summed E-state index contributed by atoms with van der Waals surface area (Å²) in [5, 5.41) is 13.1. The summed E-state index contributed by atoms with van der Waals surface area (Å²) in [6, 6.07) is 16.0. The smallest absolute Gasteiger partial charge is 0.120 e. The Morgan fingerprint density at radius 3 is 2.33 bits per heavy atom. The van der Waals surface area contributed by atoms with Crippen molar-refractivity contribution in [1.82, 2.24) is 0 Å². The number of phenols is 1. The molecule has 1 aliphatic rings. The van der Waals surface area contributed by atoms with Crippen molar-refractivity contribution in [3.8, 4) is 5.75 Å². The van der Waals surface area contributed by atoms with Crippen LogP contribution in [-0.4, -0.2) is 18.2 Å². The molecule has 110 valence electrons. The van der Waals surface area contributed by atoms with Crippen LogP contribution in [0.2, 0.25) is 0 Å². The SMILES string of the molecule is Oc1ccccc1CNc1ccc(N2CCCCC2)cc1. The second-order valence-corrected chi connectivity index (χ2v) is 5.58. The van der Waals surface area contributed by atoms with Crippen LogP contribution in [0, 0.1) is 0 Å². The first-order valence-corrected chi connectivity index (χ1v) is 7.69. The largest absolute Gasteiger partial charge is 0.508 e. The number of benzene rings is 2. The van der Waals surface area contributed by atoms with Crippen LogP contribution >= 0.6 is 0 Å². The minimum atomic E-state index is 0.343. The van der Waals surface area contributed by atoms with E-state index in [2.05, 4.69) is 34.5 Å². The maximum atomic E-state index is 9.76. The zero-order chi connectivity index (χ0) is 14.5. The molecule has 0 radical (unpaired) electrons. The summed E-state index contributed by atoms with van der Waals surface area (Å²) in [6.07, 6.45) is 3.96. The van der Waals surface area contributed by atoms with Crippen molar-refractivity contribution in [3.05, 3.63) is 54.1 Å². The number of hydrogen-bond acceptors (Lipinski definition) is 3. The summed E-state index contributed by atoms with van der Waals surface area (Å²) < 4.78 is 0. The van der Waals surface area contributed by atoms with E-state index in [0.29, 0.717) is 12.3 Å². The van der Waals surface area contributed by atoms with Gasteiger partial charge in [0.15, 0.2) is 0 Å². The summed E-state index contributed by atoms with van der Waals surface area (Å²) in [5.74, 6) is 0.343. The molecule has 0 unspecified atom stereocenters. The number of aromatic hydroxyl groups is 1. The molecule has 3 heteroatoms. The van der Waals surface area contributed by atoms with Gasteiger partial charge in [-0.05, 0) is 49.6 Å². The van der Waals surface area contributed by atoms with Crippen LogP contribution in [0.3, 0.4) is 0 Å². The standard InChI is InChI=1S/C18H22N2O/c21-18-7-3-2-6-15(18)14-19-16-8-10-17(11-9-16)20-12-4-1-5-13-20/h2-3,6-11,19,21H,1,4-5,12-14H2. The third kappa shape index (κ3) is 3.48. The highest BCUT2D eigenvalue weighted by Crippen LogP contribution is 2.23. The van der Waals surface area contributed by atoms with Gasteiger partial charge < -0.3 is 15.3 Å².